The van der Waals surface area contributed by atoms with Gasteiger partial charge in [0.1, 0.15) is 24.2 Å². The lowest BCUT2D eigenvalue weighted by Gasteiger charge is -1.98. The number of rotatable bonds is 3. The fraction of sp³-hybridized carbons (Fsp3) is 0. The van der Waals surface area contributed by atoms with Crippen LogP contribution in [-0.2, 0) is 0 Å². The van der Waals surface area contributed by atoms with E-state index in [1.165, 1.54) is 17.3 Å². The summed E-state index contributed by atoms with van der Waals surface area (Å²) >= 11 is 0. The standard InChI is InChI=1S/C14H9N5O/c15-7-11-3-1-2-4-13(11)14-6-5-12(20-14)8-18-19-9-16-17-10-19/h1-6,8-10H/b18-8-. The molecule has 0 bridgehead atoms. The van der Waals surface area contributed by atoms with Crippen LogP contribution in [0.3, 0.4) is 0 Å². The van der Waals surface area contributed by atoms with Gasteiger partial charge < -0.3 is 4.42 Å². The molecule has 0 unspecified atom stereocenters. The monoisotopic (exact) mass is 263 g/mol. The summed E-state index contributed by atoms with van der Waals surface area (Å²) in [5.74, 6) is 1.22. The Labute approximate surface area is 114 Å². The van der Waals surface area contributed by atoms with Gasteiger partial charge in [0.25, 0.3) is 0 Å². The SMILES string of the molecule is N#Cc1ccccc1-c1ccc(/C=N\n2cnnc2)o1. The average molecular weight is 263 g/mol. The number of hydrogen-bond donors (Lipinski definition) is 0. The van der Waals surface area contributed by atoms with E-state index in [1.54, 1.807) is 18.3 Å². The Balaban J connectivity index is 1.89. The Morgan fingerprint density at radius 3 is 2.75 bits per heavy atom. The van der Waals surface area contributed by atoms with Crippen LogP contribution < -0.4 is 0 Å². The first-order valence-electron chi connectivity index (χ1n) is 5.85. The van der Waals surface area contributed by atoms with Crippen LogP contribution in [-0.4, -0.2) is 21.1 Å². The highest BCUT2D eigenvalue weighted by Crippen LogP contribution is 2.24. The lowest BCUT2D eigenvalue weighted by Crippen LogP contribution is -1.85. The van der Waals surface area contributed by atoms with Gasteiger partial charge in [0.05, 0.1) is 17.8 Å². The third kappa shape index (κ3) is 2.33. The predicted molar refractivity (Wildman–Crippen MR) is 71.9 cm³/mol. The maximum atomic E-state index is 9.08. The summed E-state index contributed by atoms with van der Waals surface area (Å²) in [6, 6.07) is 13.0. The lowest BCUT2D eigenvalue weighted by molar-refractivity contribution is 0.574. The van der Waals surface area contributed by atoms with E-state index >= 15 is 0 Å². The van der Waals surface area contributed by atoms with Crippen LogP contribution in [0.4, 0.5) is 0 Å². The molecule has 1 aromatic carbocycles. The third-order valence-corrected chi connectivity index (χ3v) is 2.66. The second-order valence-electron chi connectivity index (χ2n) is 3.95. The minimum absolute atomic E-state index is 0.573. The second kappa shape index (κ2) is 5.20. The lowest BCUT2D eigenvalue weighted by atomic mass is 10.1. The number of nitriles is 1. The first kappa shape index (κ1) is 11.9. The molecule has 6 nitrogen and oxygen atoms in total. The molecule has 96 valence electrons. The molecule has 0 aliphatic heterocycles. The van der Waals surface area contributed by atoms with E-state index in [2.05, 4.69) is 21.4 Å². The van der Waals surface area contributed by atoms with Crippen molar-refractivity contribution in [3.05, 3.63) is 60.4 Å². The van der Waals surface area contributed by atoms with Gasteiger partial charge in [-0.1, -0.05) is 12.1 Å². The van der Waals surface area contributed by atoms with Crippen LogP contribution in [0.5, 0.6) is 0 Å². The normalized spacial score (nSPS) is 10.8. The van der Waals surface area contributed by atoms with Crippen LogP contribution in [0.2, 0.25) is 0 Å². The van der Waals surface area contributed by atoms with E-state index in [0.29, 0.717) is 17.1 Å². The van der Waals surface area contributed by atoms with Crippen molar-refractivity contribution in [3.63, 3.8) is 0 Å². The zero-order chi connectivity index (χ0) is 13.8. The van der Waals surface area contributed by atoms with Gasteiger partial charge in [-0.15, -0.1) is 10.2 Å². The first-order chi connectivity index (χ1) is 9.86. The molecule has 2 aromatic heterocycles. The Hall–Kier alpha value is -3.20. The van der Waals surface area contributed by atoms with E-state index in [1.807, 2.05) is 24.3 Å². The summed E-state index contributed by atoms with van der Waals surface area (Å²) in [6.07, 6.45) is 4.51. The van der Waals surface area contributed by atoms with E-state index in [-0.39, 0.29) is 0 Å². The molecule has 0 spiro atoms. The summed E-state index contributed by atoms with van der Waals surface area (Å²) in [4.78, 5) is 0. The fourth-order valence-electron chi connectivity index (χ4n) is 1.74. The molecule has 0 atom stereocenters. The molecule has 0 saturated heterocycles. The number of furan rings is 1. The van der Waals surface area contributed by atoms with Crippen LogP contribution in [0.15, 0.2) is 58.6 Å². The van der Waals surface area contributed by atoms with Crippen LogP contribution in [0.25, 0.3) is 11.3 Å². The molecule has 3 rings (SSSR count). The number of benzene rings is 1. The van der Waals surface area contributed by atoms with Gasteiger partial charge >= 0.3 is 0 Å². The molecular formula is C14H9N5O. The molecule has 0 saturated carbocycles. The smallest absolute Gasteiger partial charge is 0.147 e. The van der Waals surface area contributed by atoms with Gasteiger partial charge in [-0.2, -0.15) is 10.4 Å². The molecule has 20 heavy (non-hydrogen) atoms. The molecule has 0 aliphatic rings. The Morgan fingerprint density at radius 1 is 1.15 bits per heavy atom. The van der Waals surface area contributed by atoms with Gasteiger partial charge in [0.15, 0.2) is 0 Å². The Kier molecular flexibility index (Phi) is 3.08. The fourth-order valence-corrected chi connectivity index (χ4v) is 1.74. The summed E-state index contributed by atoms with van der Waals surface area (Å²) in [7, 11) is 0. The molecule has 2 heterocycles. The van der Waals surface area contributed by atoms with Crippen LogP contribution >= 0.6 is 0 Å². The summed E-state index contributed by atoms with van der Waals surface area (Å²) < 4.78 is 7.12. The van der Waals surface area contributed by atoms with Crippen molar-refractivity contribution in [2.45, 2.75) is 0 Å². The zero-order valence-electron chi connectivity index (χ0n) is 10.3. The average Bonchev–Trinajstić information content (AvgIpc) is 3.16. The van der Waals surface area contributed by atoms with Gasteiger partial charge in [-0.3, -0.25) is 0 Å². The summed E-state index contributed by atoms with van der Waals surface area (Å²) in [5.41, 5.74) is 1.34. The maximum Gasteiger partial charge on any atom is 0.147 e. The molecule has 0 fully saturated rings. The van der Waals surface area contributed by atoms with Crippen molar-refractivity contribution in [1.29, 1.82) is 5.26 Å². The van der Waals surface area contributed by atoms with Crippen molar-refractivity contribution in [2.24, 2.45) is 5.10 Å². The number of nitrogens with zero attached hydrogens (tertiary/aromatic N) is 5. The molecule has 0 aliphatic carbocycles. The van der Waals surface area contributed by atoms with E-state index in [0.717, 1.165) is 5.56 Å². The van der Waals surface area contributed by atoms with E-state index in [4.69, 9.17) is 9.68 Å². The van der Waals surface area contributed by atoms with Gasteiger partial charge in [-0.25, -0.2) is 4.68 Å². The highest BCUT2D eigenvalue weighted by Gasteiger charge is 2.07. The number of hydrogen-bond acceptors (Lipinski definition) is 5. The summed E-state index contributed by atoms with van der Waals surface area (Å²) in [6.45, 7) is 0. The van der Waals surface area contributed by atoms with Gasteiger partial charge in [0.2, 0.25) is 0 Å². The second-order valence-corrected chi connectivity index (χ2v) is 3.95. The van der Waals surface area contributed by atoms with E-state index < -0.39 is 0 Å². The maximum absolute atomic E-state index is 9.08. The van der Waals surface area contributed by atoms with Gasteiger partial charge in [0, 0.05) is 5.56 Å². The van der Waals surface area contributed by atoms with Crippen LogP contribution in [0.1, 0.15) is 11.3 Å². The van der Waals surface area contributed by atoms with Crippen molar-refractivity contribution in [1.82, 2.24) is 14.9 Å². The highest BCUT2D eigenvalue weighted by atomic mass is 16.3. The minimum Gasteiger partial charge on any atom is -0.455 e. The van der Waals surface area contributed by atoms with Crippen molar-refractivity contribution < 1.29 is 4.42 Å². The molecule has 3 aromatic rings. The van der Waals surface area contributed by atoms with Crippen LogP contribution in [0, 0.1) is 11.3 Å². The summed E-state index contributed by atoms with van der Waals surface area (Å²) in [5, 5.41) is 20.5. The third-order valence-electron chi connectivity index (χ3n) is 2.66. The largest absolute Gasteiger partial charge is 0.455 e. The van der Waals surface area contributed by atoms with Crippen molar-refractivity contribution >= 4 is 6.21 Å². The van der Waals surface area contributed by atoms with E-state index in [9.17, 15) is 0 Å². The first-order valence-corrected chi connectivity index (χ1v) is 5.85. The zero-order valence-corrected chi connectivity index (χ0v) is 10.3. The van der Waals surface area contributed by atoms with Gasteiger partial charge in [-0.05, 0) is 24.3 Å². The quantitative estimate of drug-likeness (QED) is 0.679. The highest BCUT2D eigenvalue weighted by molar-refractivity contribution is 5.78. The van der Waals surface area contributed by atoms with Crippen molar-refractivity contribution in [2.75, 3.05) is 0 Å². The Bertz CT molecular complexity index is 780. The Morgan fingerprint density at radius 2 is 1.95 bits per heavy atom. The molecule has 0 amide bonds. The molecule has 0 N–H and O–H groups in total. The minimum atomic E-state index is 0.573. The molecule has 6 heteroatoms. The topological polar surface area (TPSA) is 80.0 Å². The molecule has 0 radical (unpaired) electrons. The van der Waals surface area contributed by atoms with Crippen molar-refractivity contribution in [3.8, 4) is 17.4 Å². The number of aromatic nitrogens is 3. The predicted octanol–water partition coefficient (Wildman–Crippen LogP) is 2.29. The molecular weight excluding hydrogens is 254 g/mol.